The number of hydrogen-bond acceptors (Lipinski definition) is 2. The summed E-state index contributed by atoms with van der Waals surface area (Å²) >= 11 is 0. The number of hydrogen-bond donors (Lipinski definition) is 2. The molecule has 0 spiro atoms. The molecule has 1 aliphatic heterocycles. The molecule has 0 aromatic carbocycles. The van der Waals surface area contributed by atoms with Crippen LogP contribution >= 0.6 is 0 Å². The number of carbonyl (C=O) groups is 1. The number of nitrogens with zero attached hydrogens (tertiary/aromatic N) is 1. The highest BCUT2D eigenvalue weighted by molar-refractivity contribution is 5.65. The summed E-state index contributed by atoms with van der Waals surface area (Å²) in [5, 5.41) is 17.9. The monoisotopic (exact) mass is 177 g/mol. The lowest BCUT2D eigenvalue weighted by Gasteiger charge is -2.37. The highest BCUT2D eigenvalue weighted by atomic mass is 19.1. The molecule has 1 amide bonds. The van der Waals surface area contributed by atoms with E-state index in [0.717, 1.165) is 4.90 Å². The average molecular weight is 177 g/mol. The molecule has 1 aliphatic rings. The zero-order valence-corrected chi connectivity index (χ0v) is 6.83. The predicted molar refractivity (Wildman–Crippen MR) is 39.7 cm³/mol. The molecule has 70 valence electrons. The Labute approximate surface area is 69.6 Å². The third-order valence-electron chi connectivity index (χ3n) is 2.21. The fourth-order valence-electron chi connectivity index (χ4n) is 1.17. The predicted octanol–water partition coefficient (Wildman–Crippen LogP) is 0.459. The first-order chi connectivity index (χ1) is 5.43. The summed E-state index contributed by atoms with van der Waals surface area (Å²) in [5.41, 5.74) is -1.37. The maximum absolute atomic E-state index is 13.0. The Morgan fingerprint density at radius 2 is 2.33 bits per heavy atom. The van der Waals surface area contributed by atoms with Crippen molar-refractivity contribution >= 4 is 6.09 Å². The molecule has 2 N–H and O–H groups in total. The van der Waals surface area contributed by atoms with Gasteiger partial charge in [0.2, 0.25) is 0 Å². The molecule has 0 aromatic rings. The van der Waals surface area contributed by atoms with Crippen LogP contribution in [0.3, 0.4) is 0 Å². The Kier molecular flexibility index (Phi) is 2.23. The van der Waals surface area contributed by atoms with Crippen molar-refractivity contribution in [3.63, 3.8) is 0 Å². The van der Waals surface area contributed by atoms with Crippen LogP contribution in [0.2, 0.25) is 0 Å². The van der Waals surface area contributed by atoms with Gasteiger partial charge in [-0.25, -0.2) is 9.18 Å². The molecule has 0 radical (unpaired) electrons. The van der Waals surface area contributed by atoms with Crippen molar-refractivity contribution in [2.45, 2.75) is 25.1 Å². The van der Waals surface area contributed by atoms with Crippen LogP contribution in [0.25, 0.3) is 0 Å². The molecule has 2 atom stereocenters. The van der Waals surface area contributed by atoms with Crippen LogP contribution in [0.15, 0.2) is 0 Å². The first-order valence-corrected chi connectivity index (χ1v) is 3.78. The van der Waals surface area contributed by atoms with Gasteiger partial charge < -0.3 is 15.1 Å². The van der Waals surface area contributed by atoms with Gasteiger partial charge in [-0.05, 0) is 13.3 Å². The molecule has 2 unspecified atom stereocenters. The number of piperidine rings is 1. The van der Waals surface area contributed by atoms with Crippen LogP contribution in [-0.4, -0.2) is 46.1 Å². The summed E-state index contributed by atoms with van der Waals surface area (Å²) in [7, 11) is 0. The van der Waals surface area contributed by atoms with E-state index in [2.05, 4.69) is 0 Å². The van der Waals surface area contributed by atoms with E-state index < -0.39 is 17.9 Å². The van der Waals surface area contributed by atoms with Gasteiger partial charge >= 0.3 is 6.09 Å². The smallest absolute Gasteiger partial charge is 0.407 e. The summed E-state index contributed by atoms with van der Waals surface area (Å²) in [6.07, 6.45) is -2.46. The minimum Gasteiger partial charge on any atom is -0.465 e. The van der Waals surface area contributed by atoms with E-state index in [0.29, 0.717) is 0 Å². The van der Waals surface area contributed by atoms with Crippen LogP contribution in [0.5, 0.6) is 0 Å². The second-order valence-corrected chi connectivity index (χ2v) is 3.30. The van der Waals surface area contributed by atoms with Crippen molar-refractivity contribution < 1.29 is 19.4 Å². The number of halogens is 1. The van der Waals surface area contributed by atoms with Crippen molar-refractivity contribution in [2.75, 3.05) is 13.1 Å². The maximum Gasteiger partial charge on any atom is 0.407 e. The molecule has 1 fully saturated rings. The van der Waals surface area contributed by atoms with Gasteiger partial charge in [0.25, 0.3) is 0 Å². The molecular formula is C7H12FNO3. The third-order valence-corrected chi connectivity index (χ3v) is 2.21. The standard InChI is InChI=1S/C7H12FNO3/c1-7(12)2-3-9(6(10)11)4-5(7)8/h5,12H,2-4H2,1H3,(H,10,11). The van der Waals surface area contributed by atoms with E-state index in [1.165, 1.54) is 6.92 Å². The van der Waals surface area contributed by atoms with Crippen LogP contribution in [0.1, 0.15) is 13.3 Å². The molecule has 5 heteroatoms. The Morgan fingerprint density at radius 1 is 1.75 bits per heavy atom. The van der Waals surface area contributed by atoms with Crippen LogP contribution in [0, 0.1) is 0 Å². The zero-order chi connectivity index (χ0) is 9.35. The third kappa shape index (κ3) is 1.66. The average Bonchev–Trinajstić information content (AvgIpc) is 1.94. The molecule has 1 heterocycles. The number of amides is 1. The lowest BCUT2D eigenvalue weighted by atomic mass is 9.92. The van der Waals surface area contributed by atoms with Crippen LogP contribution in [-0.2, 0) is 0 Å². The molecule has 0 aromatic heterocycles. The SMILES string of the molecule is CC1(O)CCN(C(=O)O)CC1F. The fraction of sp³-hybridized carbons (Fsp3) is 0.857. The first kappa shape index (κ1) is 9.25. The Hall–Kier alpha value is -0.840. The molecule has 0 bridgehead atoms. The summed E-state index contributed by atoms with van der Waals surface area (Å²) in [6.45, 7) is 1.35. The van der Waals surface area contributed by atoms with Crippen molar-refractivity contribution in [2.24, 2.45) is 0 Å². The van der Waals surface area contributed by atoms with Crippen molar-refractivity contribution in [1.82, 2.24) is 4.90 Å². The van der Waals surface area contributed by atoms with Gasteiger partial charge in [0.15, 0.2) is 0 Å². The first-order valence-electron chi connectivity index (χ1n) is 3.78. The Bertz CT molecular complexity index is 195. The van der Waals surface area contributed by atoms with E-state index in [9.17, 15) is 14.3 Å². The molecule has 12 heavy (non-hydrogen) atoms. The molecule has 1 rings (SSSR count). The normalized spacial score (nSPS) is 36.6. The molecule has 0 saturated carbocycles. The van der Waals surface area contributed by atoms with Gasteiger partial charge in [-0.2, -0.15) is 0 Å². The van der Waals surface area contributed by atoms with E-state index >= 15 is 0 Å². The van der Waals surface area contributed by atoms with E-state index in [1.807, 2.05) is 0 Å². The number of likely N-dealkylation sites (tertiary alicyclic amines) is 1. The van der Waals surface area contributed by atoms with E-state index in [-0.39, 0.29) is 19.5 Å². The second kappa shape index (κ2) is 2.90. The van der Waals surface area contributed by atoms with E-state index in [4.69, 9.17) is 5.11 Å². The summed E-state index contributed by atoms with van der Waals surface area (Å²) in [6, 6.07) is 0. The Balaban J connectivity index is 2.58. The zero-order valence-electron chi connectivity index (χ0n) is 6.83. The molecular weight excluding hydrogens is 165 g/mol. The molecule has 4 nitrogen and oxygen atoms in total. The quantitative estimate of drug-likeness (QED) is 0.565. The Morgan fingerprint density at radius 3 is 2.75 bits per heavy atom. The number of carboxylic acid groups (broad SMARTS) is 1. The highest BCUT2D eigenvalue weighted by Crippen LogP contribution is 2.24. The lowest BCUT2D eigenvalue weighted by Crippen LogP contribution is -2.53. The highest BCUT2D eigenvalue weighted by Gasteiger charge is 2.39. The van der Waals surface area contributed by atoms with Gasteiger partial charge in [-0.3, -0.25) is 0 Å². The minimum atomic E-state index is -1.48. The van der Waals surface area contributed by atoms with Crippen LogP contribution in [0.4, 0.5) is 9.18 Å². The van der Waals surface area contributed by atoms with E-state index in [1.54, 1.807) is 0 Å². The summed E-state index contributed by atoms with van der Waals surface area (Å²) in [4.78, 5) is 11.4. The summed E-state index contributed by atoms with van der Waals surface area (Å²) in [5.74, 6) is 0. The van der Waals surface area contributed by atoms with Gasteiger partial charge in [-0.1, -0.05) is 0 Å². The minimum absolute atomic E-state index is 0.153. The largest absolute Gasteiger partial charge is 0.465 e. The maximum atomic E-state index is 13.0. The lowest BCUT2D eigenvalue weighted by molar-refractivity contribution is -0.0655. The number of rotatable bonds is 0. The van der Waals surface area contributed by atoms with Gasteiger partial charge in [0, 0.05) is 6.54 Å². The van der Waals surface area contributed by atoms with Crippen LogP contribution < -0.4 is 0 Å². The second-order valence-electron chi connectivity index (χ2n) is 3.30. The fourth-order valence-corrected chi connectivity index (χ4v) is 1.17. The number of alkyl halides is 1. The summed E-state index contributed by atoms with van der Waals surface area (Å²) < 4.78 is 13.0. The van der Waals surface area contributed by atoms with Gasteiger partial charge in [-0.15, -0.1) is 0 Å². The molecule has 0 aliphatic carbocycles. The van der Waals surface area contributed by atoms with Gasteiger partial charge in [0.05, 0.1) is 12.1 Å². The van der Waals surface area contributed by atoms with Crippen molar-refractivity contribution in [1.29, 1.82) is 0 Å². The topological polar surface area (TPSA) is 60.8 Å². The van der Waals surface area contributed by atoms with Crippen molar-refractivity contribution in [3.8, 4) is 0 Å². The van der Waals surface area contributed by atoms with Gasteiger partial charge in [0.1, 0.15) is 6.17 Å². The number of aliphatic hydroxyl groups is 1. The molecule has 1 saturated heterocycles. The van der Waals surface area contributed by atoms with Crippen molar-refractivity contribution in [3.05, 3.63) is 0 Å².